The molecule has 0 aromatic heterocycles. The number of anilines is 1. The number of benzene rings is 1. The zero-order valence-electron chi connectivity index (χ0n) is 12.3. The van der Waals surface area contributed by atoms with Crippen LogP contribution < -0.4 is 10.6 Å². The van der Waals surface area contributed by atoms with Crippen LogP contribution in [0, 0.1) is 11.3 Å². The Morgan fingerprint density at radius 3 is 2.60 bits per heavy atom. The Labute approximate surface area is 121 Å². The lowest BCUT2D eigenvalue weighted by Gasteiger charge is -2.14. The van der Waals surface area contributed by atoms with Gasteiger partial charge in [-0.05, 0) is 37.6 Å². The molecule has 1 amide bonds. The summed E-state index contributed by atoms with van der Waals surface area (Å²) in [7, 11) is 0. The van der Waals surface area contributed by atoms with E-state index < -0.39 is 0 Å². The molecule has 0 aliphatic heterocycles. The fraction of sp³-hybridized carbons (Fsp3) is 0.500. The molecule has 1 aromatic carbocycles. The minimum absolute atomic E-state index is 0.00152. The Morgan fingerprint density at radius 1 is 1.30 bits per heavy atom. The number of hydrogen-bond acceptors (Lipinski definition) is 3. The minimum Gasteiger partial charge on any atom is -0.376 e. The number of nitrogens with zero attached hydrogens (tertiary/aromatic N) is 1. The van der Waals surface area contributed by atoms with Crippen molar-refractivity contribution in [1.82, 2.24) is 5.32 Å². The standard InChI is InChI=1S/C16H23N3O/c1-3-4-5-6-13(2)19-16(20)12-18-15-9-7-14(11-17)8-10-15/h7-10,13,18H,3-6,12H2,1-2H3,(H,19,20). The van der Waals surface area contributed by atoms with Gasteiger partial charge in [0.25, 0.3) is 0 Å². The lowest BCUT2D eigenvalue weighted by atomic mass is 10.1. The Kier molecular flexibility index (Phi) is 7.20. The van der Waals surface area contributed by atoms with Crippen molar-refractivity contribution in [2.45, 2.75) is 45.6 Å². The molecule has 108 valence electrons. The van der Waals surface area contributed by atoms with E-state index in [0.717, 1.165) is 18.5 Å². The second-order valence-electron chi connectivity index (χ2n) is 5.01. The van der Waals surface area contributed by atoms with Gasteiger partial charge < -0.3 is 10.6 Å². The molecule has 0 fully saturated rings. The monoisotopic (exact) mass is 273 g/mol. The van der Waals surface area contributed by atoms with Crippen LogP contribution in [0.15, 0.2) is 24.3 Å². The Morgan fingerprint density at radius 2 is 2.00 bits per heavy atom. The quantitative estimate of drug-likeness (QED) is 0.715. The Bertz CT molecular complexity index is 448. The molecule has 1 aromatic rings. The van der Waals surface area contributed by atoms with Crippen molar-refractivity contribution in [2.75, 3.05) is 11.9 Å². The molecule has 4 nitrogen and oxygen atoms in total. The summed E-state index contributed by atoms with van der Waals surface area (Å²) in [5.41, 5.74) is 1.46. The molecule has 2 N–H and O–H groups in total. The molecule has 0 aliphatic carbocycles. The van der Waals surface area contributed by atoms with E-state index in [1.54, 1.807) is 24.3 Å². The molecule has 0 saturated carbocycles. The van der Waals surface area contributed by atoms with Gasteiger partial charge in [0.05, 0.1) is 18.2 Å². The fourth-order valence-electron chi connectivity index (χ4n) is 1.94. The minimum atomic E-state index is -0.00152. The number of carbonyl (C=O) groups is 1. The van der Waals surface area contributed by atoms with E-state index in [1.165, 1.54) is 12.8 Å². The predicted molar refractivity (Wildman–Crippen MR) is 81.4 cm³/mol. The summed E-state index contributed by atoms with van der Waals surface area (Å²) in [6.07, 6.45) is 4.59. The zero-order chi connectivity index (χ0) is 14.8. The second-order valence-corrected chi connectivity index (χ2v) is 5.01. The van der Waals surface area contributed by atoms with E-state index in [1.807, 2.05) is 6.92 Å². The lowest BCUT2D eigenvalue weighted by Crippen LogP contribution is -2.36. The normalized spacial score (nSPS) is 11.4. The molecule has 0 spiro atoms. The first-order valence-electron chi connectivity index (χ1n) is 7.19. The van der Waals surface area contributed by atoms with E-state index in [4.69, 9.17) is 5.26 Å². The number of nitrogens with one attached hydrogen (secondary N) is 2. The topological polar surface area (TPSA) is 64.9 Å². The number of amides is 1. The van der Waals surface area contributed by atoms with Crippen LogP contribution in [0.3, 0.4) is 0 Å². The van der Waals surface area contributed by atoms with Gasteiger partial charge in [0.1, 0.15) is 0 Å². The molecular weight excluding hydrogens is 250 g/mol. The molecule has 1 atom stereocenters. The van der Waals surface area contributed by atoms with Crippen LogP contribution in [0.1, 0.15) is 45.1 Å². The SMILES string of the molecule is CCCCCC(C)NC(=O)CNc1ccc(C#N)cc1. The number of hydrogen-bond donors (Lipinski definition) is 2. The zero-order valence-corrected chi connectivity index (χ0v) is 12.3. The van der Waals surface area contributed by atoms with Crippen LogP contribution in [0.25, 0.3) is 0 Å². The van der Waals surface area contributed by atoms with Gasteiger partial charge in [0.15, 0.2) is 0 Å². The molecule has 1 unspecified atom stereocenters. The molecule has 0 bridgehead atoms. The van der Waals surface area contributed by atoms with Crippen LogP contribution in [-0.4, -0.2) is 18.5 Å². The molecule has 0 saturated heterocycles. The van der Waals surface area contributed by atoms with E-state index in [0.29, 0.717) is 5.56 Å². The van der Waals surface area contributed by atoms with Gasteiger partial charge in [0, 0.05) is 11.7 Å². The maximum Gasteiger partial charge on any atom is 0.239 e. The maximum absolute atomic E-state index is 11.8. The van der Waals surface area contributed by atoms with Crippen molar-refractivity contribution in [3.63, 3.8) is 0 Å². The number of unbranched alkanes of at least 4 members (excludes halogenated alkanes) is 2. The molecule has 20 heavy (non-hydrogen) atoms. The average Bonchev–Trinajstić information content (AvgIpc) is 2.46. The van der Waals surface area contributed by atoms with Crippen molar-refractivity contribution in [3.8, 4) is 6.07 Å². The van der Waals surface area contributed by atoms with Gasteiger partial charge in [0.2, 0.25) is 5.91 Å². The van der Waals surface area contributed by atoms with Gasteiger partial charge in [-0.25, -0.2) is 0 Å². The highest BCUT2D eigenvalue weighted by atomic mass is 16.1. The van der Waals surface area contributed by atoms with Crippen LogP contribution >= 0.6 is 0 Å². The van der Waals surface area contributed by atoms with E-state index in [-0.39, 0.29) is 18.5 Å². The van der Waals surface area contributed by atoms with Gasteiger partial charge >= 0.3 is 0 Å². The first kappa shape index (κ1) is 16.0. The number of carbonyl (C=O) groups excluding carboxylic acids is 1. The Hall–Kier alpha value is -2.02. The van der Waals surface area contributed by atoms with Crippen molar-refractivity contribution < 1.29 is 4.79 Å². The fourth-order valence-corrected chi connectivity index (χ4v) is 1.94. The molecule has 0 radical (unpaired) electrons. The van der Waals surface area contributed by atoms with Gasteiger partial charge in [-0.2, -0.15) is 5.26 Å². The van der Waals surface area contributed by atoms with Crippen LogP contribution in [-0.2, 0) is 4.79 Å². The first-order valence-corrected chi connectivity index (χ1v) is 7.19. The summed E-state index contributed by atoms with van der Waals surface area (Å²) in [6, 6.07) is 9.35. The highest BCUT2D eigenvalue weighted by Gasteiger charge is 2.06. The molecule has 4 heteroatoms. The summed E-state index contributed by atoms with van der Waals surface area (Å²) in [4.78, 5) is 11.8. The van der Waals surface area contributed by atoms with Crippen molar-refractivity contribution >= 4 is 11.6 Å². The van der Waals surface area contributed by atoms with Crippen molar-refractivity contribution in [3.05, 3.63) is 29.8 Å². The molecule has 1 rings (SSSR count). The van der Waals surface area contributed by atoms with Crippen molar-refractivity contribution in [2.24, 2.45) is 0 Å². The van der Waals surface area contributed by atoms with Crippen LogP contribution in [0.5, 0.6) is 0 Å². The van der Waals surface area contributed by atoms with Crippen molar-refractivity contribution in [1.29, 1.82) is 5.26 Å². The summed E-state index contributed by atoms with van der Waals surface area (Å²) >= 11 is 0. The molecule has 0 aliphatic rings. The van der Waals surface area contributed by atoms with E-state index in [2.05, 4.69) is 23.6 Å². The molecule has 0 heterocycles. The number of rotatable bonds is 8. The third kappa shape index (κ3) is 6.24. The Balaban J connectivity index is 2.26. The van der Waals surface area contributed by atoms with Crippen LogP contribution in [0.2, 0.25) is 0 Å². The highest BCUT2D eigenvalue weighted by Crippen LogP contribution is 2.08. The summed E-state index contributed by atoms with van der Waals surface area (Å²) < 4.78 is 0. The van der Waals surface area contributed by atoms with Gasteiger partial charge in [-0.1, -0.05) is 26.2 Å². The third-order valence-corrected chi connectivity index (χ3v) is 3.12. The van der Waals surface area contributed by atoms with Gasteiger partial charge in [-0.3, -0.25) is 4.79 Å². The lowest BCUT2D eigenvalue weighted by molar-refractivity contribution is -0.120. The van der Waals surface area contributed by atoms with E-state index in [9.17, 15) is 4.79 Å². The summed E-state index contributed by atoms with van der Waals surface area (Å²) in [5.74, 6) is -0.00152. The first-order chi connectivity index (χ1) is 9.65. The largest absolute Gasteiger partial charge is 0.376 e. The molecular formula is C16H23N3O. The van der Waals surface area contributed by atoms with E-state index >= 15 is 0 Å². The predicted octanol–water partition coefficient (Wildman–Crippen LogP) is 3.06. The smallest absolute Gasteiger partial charge is 0.239 e. The second kappa shape index (κ2) is 8.98. The summed E-state index contributed by atoms with van der Waals surface area (Å²) in [5, 5.41) is 14.7. The van der Waals surface area contributed by atoms with Crippen LogP contribution in [0.4, 0.5) is 5.69 Å². The average molecular weight is 273 g/mol. The third-order valence-electron chi connectivity index (χ3n) is 3.12. The number of nitriles is 1. The van der Waals surface area contributed by atoms with Gasteiger partial charge in [-0.15, -0.1) is 0 Å². The summed E-state index contributed by atoms with van der Waals surface area (Å²) in [6.45, 7) is 4.46. The highest BCUT2D eigenvalue weighted by molar-refractivity contribution is 5.80. The maximum atomic E-state index is 11.8.